The molecule has 0 saturated heterocycles. The Balaban J connectivity index is 0.660. The summed E-state index contributed by atoms with van der Waals surface area (Å²) < 4.78 is 4.86. The normalized spacial score (nSPS) is 17.4. The molecule has 0 aliphatic heterocycles. The highest BCUT2D eigenvalue weighted by atomic mass is 15.1. The van der Waals surface area contributed by atoms with Gasteiger partial charge in [0, 0.05) is 83.4 Å². The molecule has 10 aromatic rings. The molecular formula is C97H102N4+2. The third kappa shape index (κ3) is 14.7. The SMILES string of the molecule is CCN(c1ccc(C(=C2C=CC(=[N+](CC)c3ccccc3C)C=C2)c2ccc(CC3CCC(CC4CCC(Cc5ccc(C(=C6C=CC(=[N+](CC)c7ccccc7C)C=C6)c6ccc(N(CC)c7ccccc7C)cc6)c6ccccc56)CC4)CC3)c3ccccc23)cc1)c1ccccc1C. The van der Waals surface area contributed by atoms with Gasteiger partial charge in [-0.15, -0.1) is 0 Å². The van der Waals surface area contributed by atoms with Crippen molar-refractivity contribution in [1.82, 2.24) is 0 Å². The highest BCUT2D eigenvalue weighted by molar-refractivity contribution is 6.08. The molecule has 2 fully saturated rings. The molecule has 10 aromatic carbocycles. The summed E-state index contributed by atoms with van der Waals surface area (Å²) in [6, 6.07) is 82.2. The molecule has 4 nitrogen and oxygen atoms in total. The van der Waals surface area contributed by atoms with Crippen molar-refractivity contribution in [3.05, 3.63) is 334 Å². The van der Waals surface area contributed by atoms with Gasteiger partial charge < -0.3 is 9.80 Å². The number of hydrogen-bond acceptors (Lipinski definition) is 2. The zero-order chi connectivity index (χ0) is 69.3. The zero-order valence-electron chi connectivity index (χ0n) is 61.1. The molecule has 14 rings (SSSR count). The lowest BCUT2D eigenvalue weighted by atomic mass is 9.71. The lowest BCUT2D eigenvalue weighted by Gasteiger charge is -2.34. The second-order valence-corrected chi connectivity index (χ2v) is 29.1. The Morgan fingerprint density at radius 2 is 0.653 bits per heavy atom. The molecule has 0 N–H and O–H groups in total. The average molecular weight is 1320 g/mol. The van der Waals surface area contributed by atoms with E-state index in [4.69, 9.17) is 0 Å². The number of anilines is 4. The van der Waals surface area contributed by atoms with Crippen LogP contribution in [-0.4, -0.2) is 46.8 Å². The number of hydrogen-bond donors (Lipinski definition) is 0. The minimum atomic E-state index is 0.711. The zero-order valence-corrected chi connectivity index (χ0v) is 61.1. The maximum absolute atomic E-state index is 2.49. The van der Waals surface area contributed by atoms with Gasteiger partial charge in [0.2, 0.25) is 22.8 Å². The molecule has 2 saturated carbocycles. The van der Waals surface area contributed by atoms with E-state index < -0.39 is 0 Å². The van der Waals surface area contributed by atoms with Crippen LogP contribution in [0.15, 0.2) is 278 Å². The molecule has 0 atom stereocenters. The smallest absolute Gasteiger partial charge is 0.208 e. The summed E-state index contributed by atoms with van der Waals surface area (Å²) in [5, 5.41) is 5.47. The van der Waals surface area contributed by atoms with Gasteiger partial charge in [0.1, 0.15) is 13.1 Å². The minimum absolute atomic E-state index is 0.711. The Hall–Kier alpha value is -9.90. The molecule has 0 amide bonds. The van der Waals surface area contributed by atoms with Crippen LogP contribution in [0.5, 0.6) is 0 Å². The van der Waals surface area contributed by atoms with Crippen LogP contribution < -0.4 is 9.80 Å². The molecule has 508 valence electrons. The predicted molar refractivity (Wildman–Crippen MR) is 433 cm³/mol. The lowest BCUT2D eigenvalue weighted by Crippen LogP contribution is -2.22. The van der Waals surface area contributed by atoms with Crippen molar-refractivity contribution in [1.29, 1.82) is 0 Å². The second kappa shape index (κ2) is 31.3. The van der Waals surface area contributed by atoms with Gasteiger partial charge in [-0.05, 0) is 273 Å². The first-order valence-electron chi connectivity index (χ1n) is 38.1. The van der Waals surface area contributed by atoms with E-state index in [2.05, 4.69) is 341 Å². The summed E-state index contributed by atoms with van der Waals surface area (Å²) in [5.41, 5.74) is 28.0. The average Bonchev–Trinajstić information content (AvgIpc) is 0.770. The third-order valence-electron chi connectivity index (χ3n) is 22.9. The fourth-order valence-electron chi connectivity index (χ4n) is 17.6. The Morgan fingerprint density at radius 3 is 1.00 bits per heavy atom. The lowest BCUT2D eigenvalue weighted by molar-refractivity contribution is -0.435. The molecule has 0 bridgehead atoms. The van der Waals surface area contributed by atoms with Crippen molar-refractivity contribution >= 4 is 78.2 Å². The van der Waals surface area contributed by atoms with Crippen molar-refractivity contribution in [2.45, 2.75) is 126 Å². The van der Waals surface area contributed by atoms with Crippen LogP contribution in [0.3, 0.4) is 0 Å². The number of benzene rings is 10. The molecule has 101 heavy (non-hydrogen) atoms. The summed E-state index contributed by atoms with van der Waals surface area (Å²) in [6.45, 7) is 21.4. The summed E-state index contributed by atoms with van der Waals surface area (Å²) >= 11 is 0. The Kier molecular flexibility index (Phi) is 21.2. The fourth-order valence-corrected chi connectivity index (χ4v) is 17.6. The van der Waals surface area contributed by atoms with Crippen LogP contribution in [-0.2, 0) is 12.8 Å². The first kappa shape index (κ1) is 68.2. The summed E-state index contributed by atoms with van der Waals surface area (Å²) in [4.78, 5) is 4.86. The van der Waals surface area contributed by atoms with Crippen LogP contribution in [0.25, 0.3) is 32.7 Å². The van der Waals surface area contributed by atoms with Crippen LogP contribution in [0.2, 0.25) is 0 Å². The van der Waals surface area contributed by atoms with E-state index in [1.54, 1.807) is 0 Å². The van der Waals surface area contributed by atoms with Crippen molar-refractivity contribution < 1.29 is 9.15 Å². The van der Waals surface area contributed by atoms with E-state index in [1.807, 2.05) is 0 Å². The Labute approximate surface area is 603 Å². The van der Waals surface area contributed by atoms with Gasteiger partial charge in [-0.1, -0.05) is 196 Å². The maximum atomic E-state index is 2.49. The van der Waals surface area contributed by atoms with E-state index in [1.165, 1.54) is 203 Å². The standard InChI is InChI=1S/C97H102N4/c1-9-98(92-33-21-13-25-68(92)5)82-55-45-76(46-56-82)96(77-47-57-83(58-48-77)99(10-2)93-34-22-14-26-69(93)6)90-63-53-80(86-29-17-19-31-88(86)90)66-74-41-37-72(38-42-74)65-73-39-43-75(44-40-73)67-81-54-64-91(89-32-20-18-30-87(81)89)97(78-49-59-84(60-50-78)100(11-3)94-35-23-15-27-70(94)7)79-51-61-85(62-52-79)101(12-4)95-36-24-16-28-71(95)8/h13-36,45-64,72-75H,9-12,37-44,65-67H2,1-8H3/q+2. The van der Waals surface area contributed by atoms with E-state index in [0.29, 0.717) is 11.8 Å². The highest BCUT2D eigenvalue weighted by Gasteiger charge is 2.30. The quantitative estimate of drug-likeness (QED) is 0.0705. The van der Waals surface area contributed by atoms with E-state index in [-0.39, 0.29) is 0 Å². The Bertz CT molecular complexity index is 4560. The van der Waals surface area contributed by atoms with Gasteiger partial charge in [-0.2, -0.15) is 9.15 Å². The Morgan fingerprint density at radius 1 is 0.327 bits per heavy atom. The van der Waals surface area contributed by atoms with E-state index in [0.717, 1.165) is 50.9 Å². The topological polar surface area (TPSA) is 12.5 Å². The second-order valence-electron chi connectivity index (χ2n) is 29.1. The molecular weight excluding hydrogens is 1220 g/mol. The van der Waals surface area contributed by atoms with Gasteiger partial charge >= 0.3 is 0 Å². The van der Waals surface area contributed by atoms with Crippen molar-refractivity contribution in [3.8, 4) is 0 Å². The number of aryl methyl sites for hydroxylation is 4. The number of fused-ring (bicyclic) bond motifs is 2. The van der Waals surface area contributed by atoms with E-state index >= 15 is 0 Å². The first-order valence-corrected chi connectivity index (χ1v) is 38.1. The van der Waals surface area contributed by atoms with Gasteiger partial charge in [0.25, 0.3) is 0 Å². The van der Waals surface area contributed by atoms with E-state index in [9.17, 15) is 0 Å². The first-order chi connectivity index (χ1) is 49.6. The molecule has 0 radical (unpaired) electrons. The summed E-state index contributed by atoms with van der Waals surface area (Å²) in [5.74, 6) is 3.11. The highest BCUT2D eigenvalue weighted by Crippen LogP contribution is 2.45. The third-order valence-corrected chi connectivity index (χ3v) is 22.9. The number of nitrogens with zero attached hydrogens (tertiary/aromatic N) is 4. The molecule has 0 spiro atoms. The van der Waals surface area contributed by atoms with Gasteiger partial charge in [-0.25, -0.2) is 0 Å². The fraction of sp³-hybridized carbons (Fsp3) is 0.278. The van der Waals surface area contributed by atoms with Crippen molar-refractivity contribution in [2.24, 2.45) is 23.7 Å². The molecule has 4 aliphatic carbocycles. The van der Waals surface area contributed by atoms with Crippen LogP contribution in [0.1, 0.15) is 141 Å². The largest absolute Gasteiger partial charge is 0.342 e. The number of rotatable bonds is 20. The van der Waals surface area contributed by atoms with Crippen molar-refractivity contribution in [3.63, 3.8) is 0 Å². The predicted octanol–water partition coefficient (Wildman–Crippen LogP) is 24.8. The number of para-hydroxylation sites is 4. The molecule has 4 heteroatoms. The van der Waals surface area contributed by atoms with Crippen molar-refractivity contribution in [2.75, 3.05) is 36.0 Å². The summed E-state index contributed by atoms with van der Waals surface area (Å²) in [6.07, 6.45) is 33.2. The van der Waals surface area contributed by atoms with Gasteiger partial charge in [0.15, 0.2) is 0 Å². The molecule has 0 unspecified atom stereocenters. The maximum Gasteiger partial charge on any atom is 0.208 e. The minimum Gasteiger partial charge on any atom is -0.342 e. The monoisotopic (exact) mass is 1320 g/mol. The molecule has 0 aromatic heterocycles. The van der Waals surface area contributed by atoms with Crippen LogP contribution >= 0.6 is 0 Å². The van der Waals surface area contributed by atoms with Crippen LogP contribution in [0, 0.1) is 51.4 Å². The summed E-state index contributed by atoms with van der Waals surface area (Å²) in [7, 11) is 0. The van der Waals surface area contributed by atoms with Crippen LogP contribution in [0.4, 0.5) is 34.1 Å². The molecule has 0 heterocycles. The number of allylic oxidation sites excluding steroid dienone is 10. The van der Waals surface area contributed by atoms with Gasteiger partial charge in [0.05, 0.1) is 0 Å². The van der Waals surface area contributed by atoms with Gasteiger partial charge in [-0.3, -0.25) is 0 Å². The molecule has 4 aliphatic rings.